The van der Waals surface area contributed by atoms with Gasteiger partial charge in [0.05, 0.1) is 12.7 Å². The third kappa shape index (κ3) is 18.4. The van der Waals surface area contributed by atoms with Crippen LogP contribution in [0.25, 0.3) is 0 Å². The summed E-state index contributed by atoms with van der Waals surface area (Å²) in [6.07, 6.45) is 10.1. The van der Waals surface area contributed by atoms with Gasteiger partial charge in [-0.2, -0.15) is 0 Å². The van der Waals surface area contributed by atoms with Gasteiger partial charge in [0, 0.05) is 29.6 Å². The van der Waals surface area contributed by atoms with Crippen LogP contribution in [0.4, 0.5) is 0 Å². The van der Waals surface area contributed by atoms with E-state index in [1.165, 1.54) is 38.5 Å². The van der Waals surface area contributed by atoms with Crippen molar-refractivity contribution in [2.45, 2.75) is 70.8 Å². The molecule has 19 heavy (non-hydrogen) atoms. The van der Waals surface area contributed by atoms with Gasteiger partial charge in [-0.1, -0.05) is 58.3 Å². The molecule has 0 aliphatic carbocycles. The molecule has 0 bridgehead atoms. The first-order chi connectivity index (χ1) is 8.66. The summed E-state index contributed by atoms with van der Waals surface area (Å²) in [5, 5.41) is 17.9. The normalized spacial score (nSPS) is 11.9. The number of aliphatic hydroxyl groups is 1. The average Bonchev–Trinajstić information content (AvgIpc) is 2.32. The minimum absolute atomic E-state index is 0. The third-order valence-electron chi connectivity index (χ3n) is 2.93. The van der Waals surface area contributed by atoms with Gasteiger partial charge in [-0.15, -0.1) is 0 Å². The van der Waals surface area contributed by atoms with Crippen molar-refractivity contribution in [1.29, 1.82) is 0 Å². The Kier molecular flexibility index (Phi) is 18.8. The molecule has 4 nitrogen and oxygen atoms in total. The Bertz CT molecular complexity index is 200. The molecule has 0 fully saturated rings. The summed E-state index contributed by atoms with van der Waals surface area (Å²) in [6, 6.07) is 0. The second kappa shape index (κ2) is 16.4. The molecule has 0 saturated carbocycles. The zero-order valence-corrected chi connectivity index (χ0v) is 14.6. The van der Waals surface area contributed by atoms with Crippen molar-refractivity contribution in [2.24, 2.45) is 0 Å². The van der Waals surface area contributed by atoms with Gasteiger partial charge in [-0.25, -0.2) is 4.79 Å². The number of carboxylic acids is 1. The standard InChI is InChI=1S/C14H28O4.Na/c1-2-3-4-5-6-7-8-9-10-13(15)11-18-12-14(16)17;/h13,15H,2-12H2,1H3,(H,16,17);. The Morgan fingerprint density at radius 1 is 1.05 bits per heavy atom. The van der Waals surface area contributed by atoms with E-state index in [0.29, 0.717) is 6.42 Å². The number of aliphatic hydroxyl groups excluding tert-OH is 1. The second-order valence-corrected chi connectivity index (χ2v) is 4.83. The van der Waals surface area contributed by atoms with Crippen molar-refractivity contribution in [3.05, 3.63) is 0 Å². The topological polar surface area (TPSA) is 66.8 Å². The van der Waals surface area contributed by atoms with Gasteiger partial charge in [-0.3, -0.25) is 0 Å². The molecule has 0 amide bonds. The van der Waals surface area contributed by atoms with E-state index in [2.05, 4.69) is 6.92 Å². The fourth-order valence-corrected chi connectivity index (χ4v) is 1.88. The fourth-order valence-electron chi connectivity index (χ4n) is 1.88. The van der Waals surface area contributed by atoms with Crippen molar-refractivity contribution in [3.8, 4) is 0 Å². The van der Waals surface area contributed by atoms with E-state index in [4.69, 9.17) is 9.84 Å². The number of hydrogen-bond donors (Lipinski definition) is 2. The maximum Gasteiger partial charge on any atom is 0.329 e. The number of unbranched alkanes of at least 4 members (excludes halogenated alkanes) is 7. The SMILES string of the molecule is CCCCCCCCCCC(O)COCC(=O)O.[Na]. The van der Waals surface area contributed by atoms with Crippen LogP contribution < -0.4 is 0 Å². The van der Waals surface area contributed by atoms with Crippen LogP contribution in [0.1, 0.15) is 64.7 Å². The Balaban J connectivity index is 0. The maximum absolute atomic E-state index is 10.2. The first-order valence-electron chi connectivity index (χ1n) is 7.14. The summed E-state index contributed by atoms with van der Waals surface area (Å²) in [7, 11) is 0. The molecule has 109 valence electrons. The molecule has 0 spiro atoms. The number of aliphatic carboxylic acids is 1. The first kappa shape index (κ1) is 21.7. The molecule has 1 unspecified atom stereocenters. The van der Waals surface area contributed by atoms with Crippen LogP contribution >= 0.6 is 0 Å². The molecule has 1 radical (unpaired) electrons. The number of rotatable bonds is 13. The third-order valence-corrected chi connectivity index (χ3v) is 2.93. The largest absolute Gasteiger partial charge is 0.480 e. The van der Waals surface area contributed by atoms with Crippen LogP contribution in [-0.2, 0) is 9.53 Å². The Hall–Kier alpha value is 0.390. The van der Waals surface area contributed by atoms with E-state index in [0.717, 1.165) is 12.8 Å². The maximum atomic E-state index is 10.2. The molecule has 0 aliphatic rings. The zero-order valence-electron chi connectivity index (χ0n) is 12.6. The number of ether oxygens (including phenoxy) is 1. The molecule has 2 N–H and O–H groups in total. The van der Waals surface area contributed by atoms with Crippen LogP contribution in [0.15, 0.2) is 0 Å². The molecule has 0 aromatic carbocycles. The number of hydrogen-bond acceptors (Lipinski definition) is 3. The predicted molar refractivity (Wildman–Crippen MR) is 77.4 cm³/mol. The van der Waals surface area contributed by atoms with E-state index in [1.807, 2.05) is 0 Å². The average molecular weight is 283 g/mol. The monoisotopic (exact) mass is 283 g/mol. The predicted octanol–water partition coefficient (Wildman–Crippen LogP) is 2.60. The van der Waals surface area contributed by atoms with E-state index in [9.17, 15) is 9.90 Å². The minimum atomic E-state index is -0.991. The quantitative estimate of drug-likeness (QED) is 0.403. The summed E-state index contributed by atoms with van der Waals surface area (Å²) in [5.74, 6) is -0.991. The van der Waals surface area contributed by atoms with Crippen LogP contribution in [-0.4, -0.2) is 65.1 Å². The molecular weight excluding hydrogens is 255 g/mol. The summed E-state index contributed by atoms with van der Waals surface area (Å²) >= 11 is 0. The van der Waals surface area contributed by atoms with Crippen molar-refractivity contribution in [3.63, 3.8) is 0 Å². The van der Waals surface area contributed by atoms with Crippen molar-refractivity contribution >= 4 is 35.5 Å². The smallest absolute Gasteiger partial charge is 0.329 e. The number of carbonyl (C=O) groups is 1. The van der Waals surface area contributed by atoms with E-state index in [-0.39, 0.29) is 42.8 Å². The van der Waals surface area contributed by atoms with Gasteiger partial charge in [0.2, 0.25) is 0 Å². The van der Waals surface area contributed by atoms with E-state index >= 15 is 0 Å². The Labute approximate surface area is 139 Å². The molecule has 0 heterocycles. The molecule has 0 aliphatic heterocycles. The van der Waals surface area contributed by atoms with Crippen LogP contribution in [0.5, 0.6) is 0 Å². The molecular formula is C14H28NaO4. The summed E-state index contributed by atoms with van der Waals surface area (Å²) in [6.45, 7) is 2.02. The minimum Gasteiger partial charge on any atom is -0.480 e. The Morgan fingerprint density at radius 3 is 2.11 bits per heavy atom. The molecule has 0 saturated heterocycles. The van der Waals surface area contributed by atoms with Crippen LogP contribution in [0.3, 0.4) is 0 Å². The van der Waals surface area contributed by atoms with Crippen molar-refractivity contribution < 1.29 is 19.7 Å². The van der Waals surface area contributed by atoms with Gasteiger partial charge >= 0.3 is 5.97 Å². The summed E-state index contributed by atoms with van der Waals surface area (Å²) in [4.78, 5) is 10.2. The molecule has 0 aromatic heterocycles. The summed E-state index contributed by atoms with van der Waals surface area (Å²) < 4.78 is 4.83. The van der Waals surface area contributed by atoms with Crippen LogP contribution in [0, 0.1) is 0 Å². The van der Waals surface area contributed by atoms with Gasteiger partial charge < -0.3 is 14.9 Å². The van der Waals surface area contributed by atoms with Crippen molar-refractivity contribution in [1.82, 2.24) is 0 Å². The van der Waals surface area contributed by atoms with Gasteiger partial charge in [-0.05, 0) is 6.42 Å². The van der Waals surface area contributed by atoms with E-state index < -0.39 is 12.1 Å². The van der Waals surface area contributed by atoms with Gasteiger partial charge in [0.1, 0.15) is 6.61 Å². The molecule has 0 rings (SSSR count). The van der Waals surface area contributed by atoms with Gasteiger partial charge in [0.25, 0.3) is 0 Å². The van der Waals surface area contributed by atoms with Crippen molar-refractivity contribution in [2.75, 3.05) is 13.2 Å². The molecule has 5 heteroatoms. The number of carboxylic acid groups (broad SMARTS) is 1. The molecule has 0 aromatic rings. The zero-order chi connectivity index (χ0) is 13.6. The second-order valence-electron chi connectivity index (χ2n) is 4.83. The molecule has 1 atom stereocenters. The van der Waals surface area contributed by atoms with E-state index in [1.54, 1.807) is 0 Å². The summed E-state index contributed by atoms with van der Waals surface area (Å²) in [5.41, 5.74) is 0. The van der Waals surface area contributed by atoms with Crippen LogP contribution in [0.2, 0.25) is 0 Å². The Morgan fingerprint density at radius 2 is 1.58 bits per heavy atom. The first-order valence-corrected chi connectivity index (χ1v) is 7.14. The van der Waals surface area contributed by atoms with Gasteiger partial charge in [0.15, 0.2) is 0 Å². The fraction of sp³-hybridized carbons (Fsp3) is 0.929.